The normalized spacial score (nSPS) is 12.6. The third-order valence-corrected chi connectivity index (χ3v) is 5.38. The fourth-order valence-electron chi connectivity index (χ4n) is 2.23. The van der Waals surface area contributed by atoms with E-state index in [1.807, 2.05) is 30.3 Å². The molecule has 2 rings (SSSR count). The summed E-state index contributed by atoms with van der Waals surface area (Å²) in [6.45, 7) is 2.15. The second-order valence-electron chi connectivity index (χ2n) is 5.21. The van der Waals surface area contributed by atoms with Crippen molar-refractivity contribution in [2.24, 2.45) is 0 Å². The molecule has 0 spiro atoms. The fraction of sp³-hybridized carbons (Fsp3) is 0.235. The van der Waals surface area contributed by atoms with Crippen molar-refractivity contribution in [1.29, 1.82) is 0 Å². The molecule has 0 saturated heterocycles. The maximum absolute atomic E-state index is 12.4. The first-order chi connectivity index (χ1) is 10.5. The largest absolute Gasteiger partial charge is 0.337 e. The molecular formula is C17H19NO3S. The average molecular weight is 317 g/mol. The number of carbonyl (C=O) groups is 1. The highest BCUT2D eigenvalue weighted by molar-refractivity contribution is 7.91. The van der Waals surface area contributed by atoms with E-state index in [2.05, 4.69) is 0 Å². The van der Waals surface area contributed by atoms with E-state index in [-0.39, 0.29) is 10.6 Å². The predicted molar refractivity (Wildman–Crippen MR) is 86.0 cm³/mol. The molecule has 0 aliphatic rings. The second-order valence-corrected chi connectivity index (χ2v) is 7.24. The van der Waals surface area contributed by atoms with Crippen molar-refractivity contribution in [3.05, 3.63) is 66.2 Å². The van der Waals surface area contributed by atoms with Gasteiger partial charge in [-0.2, -0.15) is 0 Å². The Kier molecular flexibility index (Phi) is 5.33. The van der Waals surface area contributed by atoms with Gasteiger partial charge in [0.25, 0.3) is 0 Å². The maximum Gasteiger partial charge on any atom is 0.210 e. The first-order valence-corrected chi connectivity index (χ1v) is 8.71. The van der Waals surface area contributed by atoms with Crippen molar-refractivity contribution >= 4 is 16.2 Å². The number of hydrogen-bond donors (Lipinski definition) is 0. The molecule has 0 saturated carbocycles. The van der Waals surface area contributed by atoms with Crippen molar-refractivity contribution in [1.82, 2.24) is 4.90 Å². The van der Waals surface area contributed by atoms with Crippen LogP contribution in [0, 0.1) is 0 Å². The SMILES string of the molecule is C[C@@H](CS(=O)(=O)c1ccccc1)N(C=O)Cc1ccccc1. The van der Waals surface area contributed by atoms with Gasteiger partial charge in [0.05, 0.1) is 10.6 Å². The summed E-state index contributed by atoms with van der Waals surface area (Å²) in [7, 11) is -3.41. The van der Waals surface area contributed by atoms with Crippen LogP contribution in [0.2, 0.25) is 0 Å². The summed E-state index contributed by atoms with van der Waals surface area (Å²) in [6, 6.07) is 17.4. The zero-order valence-corrected chi connectivity index (χ0v) is 13.2. The molecule has 116 valence electrons. The van der Waals surface area contributed by atoms with Gasteiger partial charge < -0.3 is 4.90 Å². The Morgan fingerprint density at radius 1 is 1.00 bits per heavy atom. The van der Waals surface area contributed by atoms with Crippen LogP contribution in [0.15, 0.2) is 65.6 Å². The van der Waals surface area contributed by atoms with Crippen LogP contribution in [-0.2, 0) is 21.2 Å². The Hall–Kier alpha value is -2.14. The zero-order valence-electron chi connectivity index (χ0n) is 12.4. The van der Waals surface area contributed by atoms with E-state index in [0.29, 0.717) is 13.0 Å². The minimum atomic E-state index is -3.41. The number of benzene rings is 2. The van der Waals surface area contributed by atoms with E-state index >= 15 is 0 Å². The highest BCUT2D eigenvalue weighted by Gasteiger charge is 2.22. The summed E-state index contributed by atoms with van der Waals surface area (Å²) >= 11 is 0. The van der Waals surface area contributed by atoms with Crippen LogP contribution in [0.1, 0.15) is 12.5 Å². The first kappa shape index (κ1) is 16.2. The van der Waals surface area contributed by atoms with Gasteiger partial charge in [0.1, 0.15) is 0 Å². The van der Waals surface area contributed by atoms with Crippen molar-refractivity contribution < 1.29 is 13.2 Å². The monoisotopic (exact) mass is 317 g/mol. The van der Waals surface area contributed by atoms with Crippen molar-refractivity contribution in [2.45, 2.75) is 24.4 Å². The van der Waals surface area contributed by atoms with Gasteiger partial charge >= 0.3 is 0 Å². The van der Waals surface area contributed by atoms with Gasteiger partial charge in [-0.15, -0.1) is 0 Å². The third-order valence-electron chi connectivity index (χ3n) is 3.47. The summed E-state index contributed by atoms with van der Waals surface area (Å²) in [5, 5.41) is 0. The molecule has 1 atom stereocenters. The topological polar surface area (TPSA) is 54.5 Å². The molecular weight excluding hydrogens is 298 g/mol. The second kappa shape index (κ2) is 7.22. The fourth-order valence-corrected chi connectivity index (χ4v) is 3.82. The molecule has 0 bridgehead atoms. The number of nitrogens with zero attached hydrogens (tertiary/aromatic N) is 1. The number of rotatable bonds is 7. The van der Waals surface area contributed by atoms with Crippen LogP contribution in [0.3, 0.4) is 0 Å². The van der Waals surface area contributed by atoms with Crippen LogP contribution < -0.4 is 0 Å². The molecule has 0 aliphatic carbocycles. The molecule has 2 aromatic rings. The highest BCUT2D eigenvalue weighted by atomic mass is 32.2. The van der Waals surface area contributed by atoms with Crippen molar-refractivity contribution in [3.63, 3.8) is 0 Å². The number of sulfone groups is 1. The Balaban J connectivity index is 2.09. The van der Waals surface area contributed by atoms with Gasteiger partial charge in [-0.05, 0) is 24.6 Å². The predicted octanol–water partition coefficient (Wildman–Crippen LogP) is 2.51. The Morgan fingerprint density at radius 3 is 2.09 bits per heavy atom. The molecule has 0 fully saturated rings. The van der Waals surface area contributed by atoms with E-state index in [4.69, 9.17) is 0 Å². The standard InChI is InChI=1S/C17H19NO3S/c1-15(13-22(20,21)17-10-6-3-7-11-17)18(14-19)12-16-8-4-2-5-9-16/h2-11,14-15H,12-13H2,1H3/t15-/m0/s1. The summed E-state index contributed by atoms with van der Waals surface area (Å²) in [5.41, 5.74) is 0.971. The third kappa shape index (κ3) is 4.18. The molecule has 0 N–H and O–H groups in total. The smallest absolute Gasteiger partial charge is 0.210 e. The number of hydrogen-bond acceptors (Lipinski definition) is 3. The van der Waals surface area contributed by atoms with E-state index < -0.39 is 15.9 Å². The van der Waals surface area contributed by atoms with Crippen LogP contribution in [-0.4, -0.2) is 31.5 Å². The van der Waals surface area contributed by atoms with Crippen LogP contribution in [0.4, 0.5) is 0 Å². The summed E-state index contributed by atoms with van der Waals surface area (Å²) in [4.78, 5) is 13.1. The lowest BCUT2D eigenvalue weighted by Gasteiger charge is -2.25. The van der Waals surface area contributed by atoms with Gasteiger partial charge in [0, 0.05) is 12.6 Å². The van der Waals surface area contributed by atoms with Crippen molar-refractivity contribution in [2.75, 3.05) is 5.75 Å². The Labute approximate surface area is 131 Å². The zero-order chi connectivity index (χ0) is 16.0. The van der Waals surface area contributed by atoms with Gasteiger partial charge in [0.2, 0.25) is 6.41 Å². The van der Waals surface area contributed by atoms with E-state index in [0.717, 1.165) is 5.56 Å². The minimum absolute atomic E-state index is 0.0947. The Bertz CT molecular complexity index is 699. The van der Waals surface area contributed by atoms with Crippen LogP contribution in [0.25, 0.3) is 0 Å². The van der Waals surface area contributed by atoms with Gasteiger partial charge in [-0.3, -0.25) is 4.79 Å². The average Bonchev–Trinajstić information content (AvgIpc) is 2.54. The maximum atomic E-state index is 12.4. The van der Waals surface area contributed by atoms with Gasteiger partial charge in [-0.25, -0.2) is 8.42 Å². The molecule has 0 unspecified atom stereocenters. The number of carbonyl (C=O) groups excluding carboxylic acids is 1. The molecule has 0 heterocycles. The number of amides is 1. The molecule has 0 radical (unpaired) electrons. The van der Waals surface area contributed by atoms with E-state index in [1.165, 1.54) is 4.90 Å². The molecule has 0 aliphatic heterocycles. The lowest BCUT2D eigenvalue weighted by atomic mass is 10.2. The minimum Gasteiger partial charge on any atom is -0.337 e. The molecule has 2 aromatic carbocycles. The lowest BCUT2D eigenvalue weighted by Crippen LogP contribution is -2.36. The van der Waals surface area contributed by atoms with Crippen LogP contribution >= 0.6 is 0 Å². The molecule has 1 amide bonds. The Morgan fingerprint density at radius 2 is 1.55 bits per heavy atom. The highest BCUT2D eigenvalue weighted by Crippen LogP contribution is 2.14. The van der Waals surface area contributed by atoms with E-state index in [9.17, 15) is 13.2 Å². The van der Waals surface area contributed by atoms with Crippen molar-refractivity contribution in [3.8, 4) is 0 Å². The summed E-state index contributed by atoms with van der Waals surface area (Å²) in [5.74, 6) is -0.0947. The molecule has 0 aromatic heterocycles. The van der Waals surface area contributed by atoms with Gasteiger partial charge in [0.15, 0.2) is 9.84 Å². The molecule has 22 heavy (non-hydrogen) atoms. The lowest BCUT2D eigenvalue weighted by molar-refractivity contribution is -0.120. The van der Waals surface area contributed by atoms with Gasteiger partial charge in [-0.1, -0.05) is 48.5 Å². The summed E-state index contributed by atoms with van der Waals surface area (Å²) < 4.78 is 24.7. The van der Waals surface area contributed by atoms with E-state index in [1.54, 1.807) is 37.3 Å². The quantitative estimate of drug-likeness (QED) is 0.737. The van der Waals surface area contributed by atoms with Crippen LogP contribution in [0.5, 0.6) is 0 Å². The summed E-state index contributed by atoms with van der Waals surface area (Å²) in [6.07, 6.45) is 0.707. The molecule has 5 heteroatoms. The molecule has 4 nitrogen and oxygen atoms in total. The first-order valence-electron chi connectivity index (χ1n) is 7.05.